The molecule has 3 rings (SSSR count). The first-order valence-corrected chi connectivity index (χ1v) is 6.48. The van der Waals surface area contributed by atoms with Crippen molar-refractivity contribution >= 4 is 35.1 Å². The van der Waals surface area contributed by atoms with Gasteiger partial charge in [0.2, 0.25) is 5.91 Å². The number of rotatable bonds is 1. The summed E-state index contributed by atoms with van der Waals surface area (Å²) in [6, 6.07) is 2.54. The second-order valence-electron chi connectivity index (χ2n) is 4.96. The molecule has 0 bridgehead atoms. The molecule has 0 aromatic heterocycles. The maximum absolute atomic E-state index is 13.4. The fourth-order valence-electron chi connectivity index (χ4n) is 2.55. The van der Waals surface area contributed by atoms with E-state index in [1.54, 1.807) is 0 Å². The fraction of sp³-hybridized carbons (Fsp3) is 0.308. The van der Waals surface area contributed by atoms with Crippen LogP contribution in [-0.4, -0.2) is 17.8 Å². The molecule has 2 fully saturated rings. The number of nitrogens with one attached hydrogen (secondary N) is 1. The molecule has 1 spiro atoms. The molecule has 5 nitrogen and oxygen atoms in total. The van der Waals surface area contributed by atoms with Crippen molar-refractivity contribution in [2.45, 2.75) is 19.3 Å². The molecule has 7 heteroatoms. The highest BCUT2D eigenvalue weighted by atomic mass is 35.5. The standard InChI is InChI=1S/C13H10ClFN2O3/c14-7-4-8(15)6-9(5-7)17-11(19)13(2-1-3-13)10(18)16-12(17)20/h4-6H,1-3H2,(H,16,18,20). The molecule has 20 heavy (non-hydrogen) atoms. The minimum atomic E-state index is -1.19. The molecule has 4 amide bonds. The Bertz CT molecular complexity index is 622. The topological polar surface area (TPSA) is 66.5 Å². The highest BCUT2D eigenvalue weighted by molar-refractivity contribution is 6.32. The molecule has 1 aliphatic heterocycles. The first-order chi connectivity index (χ1) is 9.44. The van der Waals surface area contributed by atoms with Gasteiger partial charge in [0.25, 0.3) is 5.91 Å². The molecule has 0 atom stereocenters. The van der Waals surface area contributed by atoms with E-state index >= 15 is 0 Å². The minimum Gasteiger partial charge on any atom is -0.276 e. The predicted molar refractivity (Wildman–Crippen MR) is 68.7 cm³/mol. The third kappa shape index (κ3) is 1.71. The summed E-state index contributed by atoms with van der Waals surface area (Å²) in [6.07, 6.45) is 1.53. The first kappa shape index (κ1) is 13.1. The highest BCUT2D eigenvalue weighted by Gasteiger charge is 2.57. The minimum absolute atomic E-state index is 0.0243. The second kappa shape index (κ2) is 4.28. The molecule has 1 aromatic carbocycles. The number of nitrogens with zero attached hydrogens (tertiary/aromatic N) is 1. The molecule has 0 radical (unpaired) electrons. The Kier molecular flexibility index (Phi) is 2.79. The molecule has 1 saturated heterocycles. The number of hydrogen-bond donors (Lipinski definition) is 1. The Morgan fingerprint density at radius 2 is 1.90 bits per heavy atom. The van der Waals surface area contributed by atoms with Crippen LogP contribution in [0.5, 0.6) is 0 Å². The maximum Gasteiger partial charge on any atom is 0.335 e. The Morgan fingerprint density at radius 1 is 1.20 bits per heavy atom. The summed E-state index contributed by atoms with van der Waals surface area (Å²) in [4.78, 5) is 37.0. The van der Waals surface area contributed by atoms with Crippen molar-refractivity contribution in [3.63, 3.8) is 0 Å². The Morgan fingerprint density at radius 3 is 2.45 bits per heavy atom. The van der Waals surface area contributed by atoms with Crippen LogP contribution >= 0.6 is 11.6 Å². The van der Waals surface area contributed by atoms with Gasteiger partial charge in [-0.3, -0.25) is 14.9 Å². The van der Waals surface area contributed by atoms with Crippen LogP contribution in [0.4, 0.5) is 14.9 Å². The van der Waals surface area contributed by atoms with E-state index in [0.29, 0.717) is 12.8 Å². The van der Waals surface area contributed by atoms with E-state index in [0.717, 1.165) is 23.5 Å². The van der Waals surface area contributed by atoms with Crippen molar-refractivity contribution in [1.29, 1.82) is 0 Å². The van der Waals surface area contributed by atoms with Gasteiger partial charge in [0.05, 0.1) is 5.69 Å². The van der Waals surface area contributed by atoms with Gasteiger partial charge in [-0.15, -0.1) is 0 Å². The average Bonchev–Trinajstić information content (AvgIpc) is 2.24. The number of amides is 4. The van der Waals surface area contributed by atoms with E-state index in [1.165, 1.54) is 6.07 Å². The average molecular weight is 297 g/mol. The smallest absolute Gasteiger partial charge is 0.276 e. The summed E-state index contributed by atoms with van der Waals surface area (Å²) in [6.45, 7) is 0. The summed E-state index contributed by atoms with van der Waals surface area (Å²) in [7, 11) is 0. The largest absolute Gasteiger partial charge is 0.335 e. The van der Waals surface area contributed by atoms with Crippen LogP contribution in [-0.2, 0) is 9.59 Å². The molecule has 1 N–H and O–H groups in total. The molecular formula is C13H10ClFN2O3. The van der Waals surface area contributed by atoms with Crippen molar-refractivity contribution in [2.24, 2.45) is 5.41 Å². The number of imide groups is 2. The number of carbonyl (C=O) groups is 3. The monoisotopic (exact) mass is 296 g/mol. The third-order valence-electron chi connectivity index (χ3n) is 3.78. The number of halogens is 2. The van der Waals surface area contributed by atoms with Gasteiger partial charge in [0.1, 0.15) is 11.2 Å². The number of hydrogen-bond acceptors (Lipinski definition) is 3. The van der Waals surface area contributed by atoms with Crippen molar-refractivity contribution in [3.8, 4) is 0 Å². The van der Waals surface area contributed by atoms with Crippen LogP contribution < -0.4 is 10.2 Å². The van der Waals surface area contributed by atoms with Gasteiger partial charge >= 0.3 is 6.03 Å². The van der Waals surface area contributed by atoms with Gasteiger partial charge in [0.15, 0.2) is 0 Å². The Balaban J connectivity index is 2.05. The predicted octanol–water partition coefficient (Wildman–Crippen LogP) is 2.23. The van der Waals surface area contributed by atoms with Gasteiger partial charge in [-0.1, -0.05) is 18.0 Å². The zero-order chi connectivity index (χ0) is 14.5. The quantitative estimate of drug-likeness (QED) is 0.808. The van der Waals surface area contributed by atoms with Crippen molar-refractivity contribution in [3.05, 3.63) is 29.0 Å². The molecule has 1 saturated carbocycles. The van der Waals surface area contributed by atoms with Gasteiger partial charge in [-0.2, -0.15) is 0 Å². The lowest BCUT2D eigenvalue weighted by Gasteiger charge is -2.44. The van der Waals surface area contributed by atoms with E-state index in [-0.39, 0.29) is 10.7 Å². The molecule has 104 valence electrons. The number of anilines is 1. The molecule has 1 heterocycles. The lowest BCUT2D eigenvalue weighted by molar-refractivity contribution is -0.148. The fourth-order valence-corrected chi connectivity index (χ4v) is 2.77. The van der Waals surface area contributed by atoms with Gasteiger partial charge < -0.3 is 0 Å². The van der Waals surface area contributed by atoms with Crippen LogP contribution in [0.25, 0.3) is 0 Å². The number of urea groups is 1. The summed E-state index contributed by atoms with van der Waals surface area (Å²) in [5.74, 6) is -1.84. The molecule has 0 unspecified atom stereocenters. The molecule has 1 aliphatic carbocycles. The van der Waals surface area contributed by atoms with Crippen molar-refractivity contribution in [1.82, 2.24) is 5.32 Å². The number of benzene rings is 1. The summed E-state index contributed by atoms with van der Waals surface area (Å²) in [5, 5.41) is 2.22. The molecular weight excluding hydrogens is 287 g/mol. The summed E-state index contributed by atoms with van der Waals surface area (Å²) >= 11 is 5.74. The lowest BCUT2D eigenvalue weighted by atomic mass is 9.66. The number of carbonyl (C=O) groups excluding carboxylic acids is 3. The summed E-state index contributed by atoms with van der Waals surface area (Å²) < 4.78 is 13.4. The maximum atomic E-state index is 13.4. The van der Waals surface area contributed by atoms with E-state index in [1.807, 2.05) is 0 Å². The third-order valence-corrected chi connectivity index (χ3v) is 4.00. The second-order valence-corrected chi connectivity index (χ2v) is 5.40. The van der Waals surface area contributed by atoms with E-state index < -0.39 is 29.1 Å². The first-order valence-electron chi connectivity index (χ1n) is 6.10. The number of barbiturate groups is 1. The van der Waals surface area contributed by atoms with E-state index in [2.05, 4.69) is 5.32 Å². The van der Waals surface area contributed by atoms with E-state index in [4.69, 9.17) is 11.6 Å². The Hall–Kier alpha value is -1.95. The van der Waals surface area contributed by atoms with Gasteiger partial charge in [0, 0.05) is 5.02 Å². The zero-order valence-corrected chi connectivity index (χ0v) is 11.0. The molecule has 2 aliphatic rings. The van der Waals surface area contributed by atoms with Gasteiger partial charge in [-0.05, 0) is 31.0 Å². The normalized spacial score (nSPS) is 20.9. The SMILES string of the molecule is O=C1NC(=O)C2(CCC2)C(=O)N1c1cc(F)cc(Cl)c1. The van der Waals surface area contributed by atoms with E-state index in [9.17, 15) is 18.8 Å². The molecule has 1 aromatic rings. The highest BCUT2D eigenvalue weighted by Crippen LogP contribution is 2.45. The lowest BCUT2D eigenvalue weighted by Crippen LogP contribution is -2.66. The van der Waals surface area contributed by atoms with Crippen molar-refractivity contribution in [2.75, 3.05) is 4.90 Å². The van der Waals surface area contributed by atoms with Crippen LogP contribution in [0.15, 0.2) is 18.2 Å². The van der Waals surface area contributed by atoms with Crippen LogP contribution in [0.3, 0.4) is 0 Å². The van der Waals surface area contributed by atoms with Crippen LogP contribution in [0, 0.1) is 11.2 Å². The van der Waals surface area contributed by atoms with Crippen LogP contribution in [0.2, 0.25) is 5.02 Å². The zero-order valence-electron chi connectivity index (χ0n) is 10.3. The van der Waals surface area contributed by atoms with Gasteiger partial charge in [-0.25, -0.2) is 14.1 Å². The Labute approximate surface area is 118 Å². The van der Waals surface area contributed by atoms with Crippen molar-refractivity contribution < 1.29 is 18.8 Å². The summed E-state index contributed by atoms with van der Waals surface area (Å²) in [5.41, 5.74) is -1.16. The van der Waals surface area contributed by atoms with Crippen LogP contribution in [0.1, 0.15) is 19.3 Å².